The van der Waals surface area contributed by atoms with E-state index >= 15 is 0 Å². The average Bonchev–Trinajstić information content (AvgIpc) is 2.45. The van der Waals surface area contributed by atoms with Crippen molar-refractivity contribution in [3.05, 3.63) is 29.3 Å². The summed E-state index contributed by atoms with van der Waals surface area (Å²) in [5.74, 6) is -0.0318. The number of aryl methyl sites for hydroxylation is 1. The van der Waals surface area contributed by atoms with Crippen LogP contribution >= 0.6 is 0 Å². The predicted molar refractivity (Wildman–Crippen MR) is 78.1 cm³/mol. The van der Waals surface area contributed by atoms with E-state index in [0.29, 0.717) is 6.04 Å². The molecule has 0 radical (unpaired) electrons. The summed E-state index contributed by atoms with van der Waals surface area (Å²) in [4.78, 5) is 11.5. The van der Waals surface area contributed by atoms with Crippen LogP contribution in [0.1, 0.15) is 49.3 Å². The molecule has 1 aliphatic carbocycles. The molecule has 1 aliphatic rings. The summed E-state index contributed by atoms with van der Waals surface area (Å²) in [6.45, 7) is 1.93. The molecule has 0 aromatic heterocycles. The number of carboxylic acids is 1. The average molecular weight is 277 g/mol. The molecule has 0 amide bonds. The van der Waals surface area contributed by atoms with Crippen LogP contribution in [0.4, 0.5) is 0 Å². The van der Waals surface area contributed by atoms with E-state index in [2.05, 4.69) is 5.32 Å². The van der Waals surface area contributed by atoms with Gasteiger partial charge in [-0.2, -0.15) is 0 Å². The molecule has 20 heavy (non-hydrogen) atoms. The summed E-state index contributed by atoms with van der Waals surface area (Å²) < 4.78 is 5.22. The molecule has 2 rings (SSSR count). The van der Waals surface area contributed by atoms with Crippen molar-refractivity contribution in [2.45, 2.75) is 51.1 Å². The lowest BCUT2D eigenvalue weighted by Gasteiger charge is -2.27. The number of methoxy groups -OCH3 is 1. The summed E-state index contributed by atoms with van der Waals surface area (Å²) in [7, 11) is 1.62. The molecule has 1 atom stereocenters. The van der Waals surface area contributed by atoms with Gasteiger partial charge in [-0.05, 0) is 37.0 Å². The van der Waals surface area contributed by atoms with E-state index in [1.165, 1.54) is 19.3 Å². The second-order valence-corrected chi connectivity index (χ2v) is 5.50. The summed E-state index contributed by atoms with van der Waals surface area (Å²) in [6, 6.07) is 5.24. The first-order chi connectivity index (χ1) is 9.61. The van der Waals surface area contributed by atoms with Crippen molar-refractivity contribution >= 4 is 5.97 Å². The van der Waals surface area contributed by atoms with Crippen LogP contribution in [0.2, 0.25) is 0 Å². The second kappa shape index (κ2) is 6.75. The van der Waals surface area contributed by atoms with Gasteiger partial charge in [0.15, 0.2) is 0 Å². The molecular formula is C16H23NO3. The van der Waals surface area contributed by atoms with Crippen LogP contribution in [0.3, 0.4) is 0 Å². The molecule has 0 bridgehead atoms. The van der Waals surface area contributed by atoms with Gasteiger partial charge in [-0.1, -0.05) is 31.4 Å². The van der Waals surface area contributed by atoms with Gasteiger partial charge in [-0.25, -0.2) is 0 Å². The van der Waals surface area contributed by atoms with Gasteiger partial charge in [0.05, 0.1) is 7.11 Å². The molecule has 2 N–H and O–H groups in total. The lowest BCUT2D eigenvalue weighted by molar-refractivity contribution is -0.140. The van der Waals surface area contributed by atoms with E-state index in [-0.39, 0.29) is 0 Å². The monoisotopic (exact) mass is 277 g/mol. The predicted octanol–water partition coefficient (Wildman–Crippen LogP) is 3.05. The molecule has 1 aromatic rings. The molecule has 1 unspecified atom stereocenters. The third-order valence-electron chi connectivity index (χ3n) is 4.01. The Morgan fingerprint density at radius 2 is 2.05 bits per heavy atom. The SMILES string of the molecule is COc1ccc(C(NC2CCCCC2)C(=O)O)cc1C. The molecule has 4 nitrogen and oxygen atoms in total. The Bertz CT molecular complexity index is 467. The van der Waals surface area contributed by atoms with Gasteiger partial charge in [0.25, 0.3) is 0 Å². The fourth-order valence-electron chi connectivity index (χ4n) is 2.90. The van der Waals surface area contributed by atoms with Crippen molar-refractivity contribution in [3.63, 3.8) is 0 Å². The van der Waals surface area contributed by atoms with Crippen molar-refractivity contribution in [1.29, 1.82) is 0 Å². The molecule has 1 aromatic carbocycles. The van der Waals surface area contributed by atoms with Gasteiger partial charge in [0, 0.05) is 6.04 Å². The first-order valence-corrected chi connectivity index (χ1v) is 7.25. The normalized spacial score (nSPS) is 17.7. The number of hydrogen-bond acceptors (Lipinski definition) is 3. The van der Waals surface area contributed by atoms with E-state index in [1.807, 2.05) is 25.1 Å². The lowest BCUT2D eigenvalue weighted by Crippen LogP contribution is -2.38. The third kappa shape index (κ3) is 3.51. The van der Waals surface area contributed by atoms with Crippen LogP contribution in [0.15, 0.2) is 18.2 Å². The minimum absolute atomic E-state index is 0.312. The summed E-state index contributed by atoms with van der Waals surface area (Å²) in [5, 5.41) is 12.8. The maximum Gasteiger partial charge on any atom is 0.325 e. The van der Waals surface area contributed by atoms with Crippen molar-refractivity contribution in [3.8, 4) is 5.75 Å². The summed E-state index contributed by atoms with van der Waals surface area (Å²) in [6.07, 6.45) is 5.77. The third-order valence-corrected chi connectivity index (χ3v) is 4.01. The van der Waals surface area contributed by atoms with Crippen LogP contribution in [-0.2, 0) is 4.79 Å². The Kier molecular flexibility index (Phi) is 5.01. The highest BCUT2D eigenvalue weighted by atomic mass is 16.5. The Balaban J connectivity index is 2.15. The summed E-state index contributed by atoms with van der Waals surface area (Å²) in [5.41, 5.74) is 1.75. The topological polar surface area (TPSA) is 58.6 Å². The zero-order chi connectivity index (χ0) is 14.5. The number of benzene rings is 1. The van der Waals surface area contributed by atoms with Gasteiger partial charge in [-0.3, -0.25) is 10.1 Å². The number of carboxylic acid groups (broad SMARTS) is 1. The molecule has 1 fully saturated rings. The Labute approximate surface area is 120 Å². The highest BCUT2D eigenvalue weighted by molar-refractivity contribution is 5.75. The molecule has 0 spiro atoms. The minimum Gasteiger partial charge on any atom is -0.496 e. The Morgan fingerprint density at radius 1 is 1.35 bits per heavy atom. The first-order valence-electron chi connectivity index (χ1n) is 7.25. The van der Waals surface area contributed by atoms with Crippen molar-refractivity contribution in [1.82, 2.24) is 5.32 Å². The maximum atomic E-state index is 11.5. The number of nitrogens with one attached hydrogen (secondary N) is 1. The zero-order valence-electron chi connectivity index (χ0n) is 12.2. The molecular weight excluding hydrogens is 254 g/mol. The molecule has 4 heteroatoms. The van der Waals surface area contributed by atoms with Crippen molar-refractivity contribution in [2.75, 3.05) is 7.11 Å². The van der Waals surface area contributed by atoms with E-state index < -0.39 is 12.0 Å². The maximum absolute atomic E-state index is 11.5. The highest BCUT2D eigenvalue weighted by Crippen LogP contribution is 2.25. The quantitative estimate of drug-likeness (QED) is 0.868. The van der Waals surface area contributed by atoms with E-state index in [4.69, 9.17) is 4.74 Å². The number of rotatable bonds is 5. The summed E-state index contributed by atoms with van der Waals surface area (Å²) >= 11 is 0. The van der Waals surface area contributed by atoms with Gasteiger partial charge in [-0.15, -0.1) is 0 Å². The second-order valence-electron chi connectivity index (χ2n) is 5.50. The minimum atomic E-state index is -0.819. The van der Waals surface area contributed by atoms with Crippen LogP contribution in [0.25, 0.3) is 0 Å². The molecule has 0 saturated heterocycles. The van der Waals surface area contributed by atoms with Crippen LogP contribution < -0.4 is 10.1 Å². The van der Waals surface area contributed by atoms with Crippen molar-refractivity contribution in [2.24, 2.45) is 0 Å². The molecule has 110 valence electrons. The largest absolute Gasteiger partial charge is 0.496 e. The van der Waals surface area contributed by atoms with Crippen LogP contribution in [-0.4, -0.2) is 24.2 Å². The van der Waals surface area contributed by atoms with Crippen molar-refractivity contribution < 1.29 is 14.6 Å². The van der Waals surface area contributed by atoms with E-state index in [9.17, 15) is 9.90 Å². The molecule has 1 saturated carbocycles. The Hall–Kier alpha value is -1.55. The zero-order valence-corrected chi connectivity index (χ0v) is 12.2. The van der Waals surface area contributed by atoms with E-state index in [0.717, 1.165) is 29.7 Å². The van der Waals surface area contributed by atoms with Crippen LogP contribution in [0, 0.1) is 6.92 Å². The molecule has 0 heterocycles. The molecule has 0 aliphatic heterocycles. The fourth-order valence-corrected chi connectivity index (χ4v) is 2.90. The van der Waals surface area contributed by atoms with Crippen LogP contribution in [0.5, 0.6) is 5.75 Å². The highest BCUT2D eigenvalue weighted by Gasteiger charge is 2.24. The number of carbonyl (C=O) groups is 1. The van der Waals surface area contributed by atoms with Gasteiger partial charge < -0.3 is 9.84 Å². The smallest absolute Gasteiger partial charge is 0.325 e. The number of hydrogen-bond donors (Lipinski definition) is 2. The van der Waals surface area contributed by atoms with Gasteiger partial charge >= 0.3 is 5.97 Å². The Morgan fingerprint density at radius 3 is 2.60 bits per heavy atom. The first kappa shape index (κ1) is 14.9. The number of aliphatic carboxylic acids is 1. The standard InChI is InChI=1S/C16H23NO3/c1-11-10-12(8-9-14(11)20-2)15(16(18)19)17-13-6-4-3-5-7-13/h8-10,13,15,17H,3-7H2,1-2H3,(H,18,19). The van der Waals surface area contributed by atoms with Gasteiger partial charge in [0.1, 0.15) is 11.8 Å². The van der Waals surface area contributed by atoms with Gasteiger partial charge in [0.2, 0.25) is 0 Å². The lowest BCUT2D eigenvalue weighted by atomic mass is 9.93. The fraction of sp³-hybridized carbons (Fsp3) is 0.562. The van der Waals surface area contributed by atoms with E-state index in [1.54, 1.807) is 7.11 Å². The number of ether oxygens (including phenoxy) is 1.